The second kappa shape index (κ2) is 10.3. The number of amides is 1. The summed E-state index contributed by atoms with van der Waals surface area (Å²) in [5.41, 5.74) is 3.47. The highest BCUT2D eigenvalue weighted by atomic mass is 32.2. The Kier molecular flexibility index (Phi) is 7.74. The van der Waals surface area contributed by atoms with E-state index in [0.717, 1.165) is 11.1 Å². The molecule has 1 amide bonds. The van der Waals surface area contributed by atoms with Crippen LogP contribution in [-0.4, -0.2) is 33.0 Å². The van der Waals surface area contributed by atoms with Crippen molar-refractivity contribution in [1.29, 1.82) is 0 Å². The van der Waals surface area contributed by atoms with Gasteiger partial charge in [0.25, 0.3) is 11.5 Å². The molecule has 3 aromatic rings. The molecular formula is C26H31N3O3S. The molecule has 0 atom stereocenters. The summed E-state index contributed by atoms with van der Waals surface area (Å²) >= 11 is 1.26. The van der Waals surface area contributed by atoms with Gasteiger partial charge in [-0.25, -0.2) is 4.98 Å². The van der Waals surface area contributed by atoms with E-state index in [2.05, 4.69) is 5.32 Å². The second-order valence-corrected chi connectivity index (χ2v) is 10.0. The van der Waals surface area contributed by atoms with Crippen LogP contribution in [0.1, 0.15) is 59.5 Å². The van der Waals surface area contributed by atoms with Crippen molar-refractivity contribution in [1.82, 2.24) is 14.9 Å². The zero-order valence-corrected chi connectivity index (χ0v) is 20.9. The van der Waals surface area contributed by atoms with E-state index in [4.69, 9.17) is 4.98 Å². The van der Waals surface area contributed by atoms with Crippen LogP contribution in [0.2, 0.25) is 0 Å². The number of hydrogen-bond acceptors (Lipinski definition) is 5. The van der Waals surface area contributed by atoms with Crippen molar-refractivity contribution < 1.29 is 9.59 Å². The Labute approximate surface area is 198 Å². The minimum absolute atomic E-state index is 0.00237. The van der Waals surface area contributed by atoms with Gasteiger partial charge in [-0.15, -0.1) is 0 Å². The number of fused-ring (bicyclic) bond motifs is 1. The highest BCUT2D eigenvalue weighted by Gasteiger charge is 2.17. The number of carbonyl (C=O) groups is 2. The number of nitrogens with one attached hydrogen (secondary N) is 1. The zero-order chi connectivity index (χ0) is 24.3. The van der Waals surface area contributed by atoms with Crippen molar-refractivity contribution in [2.45, 2.75) is 59.3 Å². The molecular weight excluding hydrogens is 434 g/mol. The monoisotopic (exact) mass is 465 g/mol. The minimum atomic E-state index is -0.209. The fourth-order valence-corrected chi connectivity index (χ4v) is 4.55. The molecule has 0 saturated heterocycles. The van der Waals surface area contributed by atoms with Gasteiger partial charge in [0.2, 0.25) is 0 Å². The zero-order valence-electron chi connectivity index (χ0n) is 20.1. The first-order valence-electron chi connectivity index (χ1n) is 11.2. The predicted octanol–water partition coefficient (Wildman–Crippen LogP) is 4.78. The lowest BCUT2D eigenvalue weighted by atomic mass is 10.0. The third-order valence-electron chi connectivity index (χ3n) is 5.16. The van der Waals surface area contributed by atoms with Gasteiger partial charge in [-0.3, -0.25) is 19.0 Å². The molecule has 174 valence electrons. The van der Waals surface area contributed by atoms with Crippen molar-refractivity contribution >= 4 is 34.4 Å². The molecule has 1 aromatic heterocycles. The van der Waals surface area contributed by atoms with Gasteiger partial charge in [0.15, 0.2) is 10.9 Å². The largest absolute Gasteiger partial charge is 0.350 e. The molecule has 1 heterocycles. The molecule has 7 heteroatoms. The number of carbonyl (C=O) groups excluding carboxylic acids is 2. The highest BCUT2D eigenvalue weighted by molar-refractivity contribution is 7.99. The summed E-state index contributed by atoms with van der Waals surface area (Å²) in [7, 11) is 0. The van der Waals surface area contributed by atoms with Crippen molar-refractivity contribution in [2.75, 3.05) is 5.75 Å². The maximum atomic E-state index is 13.3. The van der Waals surface area contributed by atoms with Gasteiger partial charge in [0, 0.05) is 23.7 Å². The van der Waals surface area contributed by atoms with Gasteiger partial charge < -0.3 is 5.32 Å². The number of nitrogens with zero attached hydrogens (tertiary/aromatic N) is 2. The van der Waals surface area contributed by atoms with E-state index in [9.17, 15) is 14.4 Å². The lowest BCUT2D eigenvalue weighted by Gasteiger charge is -2.15. The number of hydrogen-bond donors (Lipinski definition) is 1. The smallest absolute Gasteiger partial charge is 0.262 e. The first-order valence-corrected chi connectivity index (χ1v) is 12.1. The molecule has 3 rings (SSSR count). The Bertz CT molecular complexity index is 1260. The van der Waals surface area contributed by atoms with Crippen LogP contribution in [0.15, 0.2) is 46.3 Å². The van der Waals surface area contributed by atoms with Crippen LogP contribution in [0, 0.1) is 19.8 Å². The summed E-state index contributed by atoms with van der Waals surface area (Å²) < 4.78 is 1.64. The molecule has 0 aliphatic carbocycles. The number of aryl methyl sites for hydroxylation is 2. The van der Waals surface area contributed by atoms with Crippen LogP contribution in [-0.2, 0) is 6.54 Å². The van der Waals surface area contributed by atoms with E-state index in [1.807, 2.05) is 59.7 Å². The highest BCUT2D eigenvalue weighted by Crippen LogP contribution is 2.22. The average Bonchev–Trinajstić information content (AvgIpc) is 2.73. The topological polar surface area (TPSA) is 81.1 Å². The molecule has 0 saturated carbocycles. The normalized spacial score (nSPS) is 11.4. The Morgan fingerprint density at radius 1 is 1.06 bits per heavy atom. The third-order valence-corrected chi connectivity index (χ3v) is 6.14. The van der Waals surface area contributed by atoms with Gasteiger partial charge in [-0.1, -0.05) is 49.4 Å². The number of rotatable bonds is 8. The molecule has 0 fully saturated rings. The summed E-state index contributed by atoms with van der Waals surface area (Å²) in [6, 6.07) is 10.7. The maximum absolute atomic E-state index is 13.3. The van der Waals surface area contributed by atoms with Crippen LogP contribution < -0.4 is 10.9 Å². The third kappa shape index (κ3) is 5.90. The van der Waals surface area contributed by atoms with E-state index in [1.165, 1.54) is 11.8 Å². The van der Waals surface area contributed by atoms with Crippen LogP contribution in [0.3, 0.4) is 0 Å². The fourth-order valence-electron chi connectivity index (χ4n) is 3.66. The Morgan fingerprint density at radius 3 is 2.42 bits per heavy atom. The summed E-state index contributed by atoms with van der Waals surface area (Å²) in [6.07, 6.45) is 0. The predicted molar refractivity (Wildman–Crippen MR) is 134 cm³/mol. The molecule has 33 heavy (non-hydrogen) atoms. The summed E-state index contributed by atoms with van der Waals surface area (Å²) in [5, 5.41) is 3.80. The molecule has 2 aromatic carbocycles. The molecule has 0 spiro atoms. The number of benzene rings is 2. The summed E-state index contributed by atoms with van der Waals surface area (Å²) in [6.45, 7) is 12.3. The number of Topliss-reactive ketones (excluding diaryl/α,β-unsaturated/α-hetero) is 1. The number of aromatic nitrogens is 2. The van der Waals surface area contributed by atoms with E-state index < -0.39 is 0 Å². The Morgan fingerprint density at radius 2 is 1.79 bits per heavy atom. The van der Waals surface area contributed by atoms with Crippen molar-refractivity contribution in [3.8, 4) is 0 Å². The van der Waals surface area contributed by atoms with Crippen molar-refractivity contribution in [3.05, 3.63) is 69.0 Å². The Hall–Kier alpha value is -2.93. The van der Waals surface area contributed by atoms with Crippen LogP contribution in [0.4, 0.5) is 0 Å². The van der Waals surface area contributed by atoms with E-state index >= 15 is 0 Å². The van der Waals surface area contributed by atoms with Gasteiger partial charge in [-0.2, -0.15) is 0 Å². The van der Waals surface area contributed by atoms with Gasteiger partial charge in [0.05, 0.1) is 16.7 Å². The molecule has 6 nitrogen and oxygen atoms in total. The lowest BCUT2D eigenvalue weighted by molar-refractivity contribution is 0.0942. The van der Waals surface area contributed by atoms with Gasteiger partial charge in [0.1, 0.15) is 0 Å². The Balaban J connectivity index is 1.99. The summed E-state index contributed by atoms with van der Waals surface area (Å²) in [4.78, 5) is 43.3. The standard InChI is InChI=1S/C26H31N3O3S/c1-15(2)13-29-25(32)21-10-8-19(24(31)27-16(3)4)12-22(21)28-26(29)33-14-23(30)20-9-7-17(5)11-18(20)6/h7-12,15-16H,13-14H2,1-6H3,(H,27,31). The van der Waals surface area contributed by atoms with Crippen LogP contribution in [0.5, 0.6) is 0 Å². The molecule has 1 N–H and O–H groups in total. The second-order valence-electron chi connectivity index (χ2n) is 9.09. The average molecular weight is 466 g/mol. The molecule has 0 radical (unpaired) electrons. The summed E-state index contributed by atoms with van der Waals surface area (Å²) in [5.74, 6) is 0.188. The van der Waals surface area contributed by atoms with E-state index in [-0.39, 0.29) is 35.0 Å². The molecule has 0 aliphatic rings. The van der Waals surface area contributed by atoms with Gasteiger partial charge in [-0.05, 0) is 57.4 Å². The first-order chi connectivity index (χ1) is 15.6. The fraction of sp³-hybridized carbons (Fsp3) is 0.385. The first kappa shape index (κ1) is 24.7. The van der Waals surface area contributed by atoms with Crippen molar-refractivity contribution in [3.63, 3.8) is 0 Å². The number of ketones is 1. The molecule has 0 unspecified atom stereocenters. The molecule has 0 bridgehead atoms. The minimum Gasteiger partial charge on any atom is -0.350 e. The maximum Gasteiger partial charge on any atom is 0.262 e. The van der Waals surface area contributed by atoms with Crippen molar-refractivity contribution in [2.24, 2.45) is 5.92 Å². The SMILES string of the molecule is Cc1ccc(C(=O)CSc2nc3cc(C(=O)NC(C)C)ccc3c(=O)n2CC(C)C)c(C)c1. The van der Waals surface area contributed by atoms with E-state index in [1.54, 1.807) is 22.8 Å². The molecule has 0 aliphatic heterocycles. The lowest BCUT2D eigenvalue weighted by Crippen LogP contribution is -2.30. The van der Waals surface area contributed by atoms with Gasteiger partial charge >= 0.3 is 0 Å². The van der Waals surface area contributed by atoms with Crippen LogP contribution in [0.25, 0.3) is 10.9 Å². The number of thioether (sulfide) groups is 1. The quantitative estimate of drug-likeness (QED) is 0.294. The van der Waals surface area contributed by atoms with E-state index in [0.29, 0.717) is 33.7 Å². The van der Waals surface area contributed by atoms with Crippen LogP contribution >= 0.6 is 11.8 Å².